The summed E-state index contributed by atoms with van der Waals surface area (Å²) < 4.78 is 0. The van der Waals surface area contributed by atoms with Crippen molar-refractivity contribution in [3.05, 3.63) is 77.9 Å². The van der Waals surface area contributed by atoms with Crippen LogP contribution < -0.4 is 5.73 Å². The number of nitrogens with zero attached hydrogens (tertiary/aromatic N) is 1. The number of aliphatic imine (C=N–C) groups is 1. The van der Waals surface area contributed by atoms with Crippen LogP contribution in [0.4, 0.5) is 5.69 Å². The molecule has 128 valence electrons. The molecule has 0 aliphatic carbocycles. The smallest absolute Gasteiger partial charge is 0.159 e. The minimum atomic E-state index is 0.580. The second-order valence-electron chi connectivity index (χ2n) is 6.28. The summed E-state index contributed by atoms with van der Waals surface area (Å²) in [4.78, 5) is 4.54. The molecule has 0 aliphatic rings. The zero-order valence-corrected chi connectivity index (χ0v) is 15.6. The van der Waals surface area contributed by atoms with Crippen LogP contribution in [0.1, 0.15) is 37.3 Å². The minimum Gasteiger partial charge on any atom is -0.378 e. The van der Waals surface area contributed by atoms with Gasteiger partial charge in [-0.25, -0.2) is 4.99 Å². The number of hydrogen-bond donors (Lipinski definition) is 1. The van der Waals surface area contributed by atoms with Gasteiger partial charge in [0.05, 0.1) is 5.69 Å². The predicted octanol–water partition coefficient (Wildman–Crippen LogP) is 6.23. The molecule has 3 rings (SSSR count). The maximum atomic E-state index is 6.13. The molecule has 0 aliphatic heterocycles. The van der Waals surface area contributed by atoms with Gasteiger partial charge in [-0.2, -0.15) is 0 Å². The fourth-order valence-electron chi connectivity index (χ4n) is 2.84. The standard InChI is InChI=1S/C22H24N2S/c1-3-16(2)17-11-13-20(14-12-17)24-22(23)25-15-19-9-6-8-18-7-4-5-10-21(18)19/h4-14,16H,3,15H2,1-2H3,(H2,23,24)/t16-/m1/s1. The van der Waals surface area contributed by atoms with Gasteiger partial charge in [0, 0.05) is 5.75 Å². The van der Waals surface area contributed by atoms with Gasteiger partial charge in [-0.15, -0.1) is 0 Å². The van der Waals surface area contributed by atoms with Crippen molar-refractivity contribution in [2.24, 2.45) is 10.7 Å². The summed E-state index contributed by atoms with van der Waals surface area (Å²) in [5, 5.41) is 3.14. The Morgan fingerprint density at radius 3 is 2.48 bits per heavy atom. The summed E-state index contributed by atoms with van der Waals surface area (Å²) >= 11 is 1.58. The second-order valence-corrected chi connectivity index (χ2v) is 7.27. The van der Waals surface area contributed by atoms with Gasteiger partial charge in [-0.1, -0.05) is 80.2 Å². The molecular weight excluding hydrogens is 324 g/mol. The number of benzene rings is 3. The van der Waals surface area contributed by atoms with Gasteiger partial charge in [0.2, 0.25) is 0 Å². The predicted molar refractivity (Wildman–Crippen MR) is 112 cm³/mol. The number of fused-ring (bicyclic) bond motifs is 1. The lowest BCUT2D eigenvalue weighted by Crippen LogP contribution is -2.06. The molecule has 0 aromatic heterocycles. The van der Waals surface area contributed by atoms with Crippen LogP contribution in [0, 0.1) is 0 Å². The van der Waals surface area contributed by atoms with E-state index in [0.29, 0.717) is 11.1 Å². The van der Waals surface area contributed by atoms with Crippen LogP contribution in [0.5, 0.6) is 0 Å². The molecular formula is C22H24N2S. The van der Waals surface area contributed by atoms with Crippen molar-refractivity contribution < 1.29 is 0 Å². The van der Waals surface area contributed by atoms with E-state index in [1.165, 1.54) is 21.9 Å². The third kappa shape index (κ3) is 4.43. The minimum absolute atomic E-state index is 0.580. The Bertz CT molecular complexity index is 863. The van der Waals surface area contributed by atoms with E-state index in [1.54, 1.807) is 11.8 Å². The molecule has 2 N–H and O–H groups in total. The highest BCUT2D eigenvalue weighted by atomic mass is 32.2. The Hall–Kier alpha value is -2.26. The molecule has 1 atom stereocenters. The first-order chi connectivity index (χ1) is 12.2. The van der Waals surface area contributed by atoms with Crippen LogP contribution in [0.25, 0.3) is 10.8 Å². The molecule has 0 heterocycles. The highest BCUT2D eigenvalue weighted by molar-refractivity contribution is 8.13. The van der Waals surface area contributed by atoms with Gasteiger partial charge in [0.1, 0.15) is 0 Å². The molecule has 25 heavy (non-hydrogen) atoms. The summed E-state index contributed by atoms with van der Waals surface area (Å²) in [7, 11) is 0. The average Bonchev–Trinajstić information content (AvgIpc) is 2.66. The van der Waals surface area contributed by atoms with Crippen molar-refractivity contribution in [3.63, 3.8) is 0 Å². The van der Waals surface area contributed by atoms with E-state index < -0.39 is 0 Å². The summed E-state index contributed by atoms with van der Waals surface area (Å²) in [5.74, 6) is 1.40. The van der Waals surface area contributed by atoms with Crippen molar-refractivity contribution in [2.45, 2.75) is 31.9 Å². The lowest BCUT2D eigenvalue weighted by molar-refractivity contribution is 0.734. The quantitative estimate of drug-likeness (QED) is 0.438. The summed E-state index contributed by atoms with van der Waals surface area (Å²) in [6, 6.07) is 23.2. The first-order valence-electron chi connectivity index (χ1n) is 8.71. The average molecular weight is 349 g/mol. The summed E-state index contributed by atoms with van der Waals surface area (Å²) in [6.07, 6.45) is 1.14. The fraction of sp³-hybridized carbons (Fsp3) is 0.227. The molecule has 0 unspecified atom stereocenters. The Kier molecular flexibility index (Phi) is 5.77. The number of rotatable bonds is 5. The molecule has 3 aromatic rings. The van der Waals surface area contributed by atoms with Gasteiger partial charge in [-0.3, -0.25) is 0 Å². The molecule has 3 aromatic carbocycles. The normalized spacial score (nSPS) is 13.1. The molecule has 0 bridgehead atoms. The van der Waals surface area contributed by atoms with Crippen LogP contribution in [0.3, 0.4) is 0 Å². The maximum Gasteiger partial charge on any atom is 0.159 e. The van der Waals surface area contributed by atoms with Crippen molar-refractivity contribution >= 4 is 33.4 Å². The Morgan fingerprint density at radius 1 is 1.00 bits per heavy atom. The zero-order valence-electron chi connectivity index (χ0n) is 14.8. The molecule has 0 fully saturated rings. The number of nitrogens with two attached hydrogens (primary N) is 1. The number of amidine groups is 1. The van der Waals surface area contributed by atoms with Gasteiger partial charge in [0.25, 0.3) is 0 Å². The van der Waals surface area contributed by atoms with E-state index >= 15 is 0 Å². The number of hydrogen-bond acceptors (Lipinski definition) is 2. The molecule has 0 spiro atoms. The third-order valence-corrected chi connectivity index (χ3v) is 5.41. The van der Waals surface area contributed by atoms with Gasteiger partial charge in [0.15, 0.2) is 5.17 Å². The summed E-state index contributed by atoms with van der Waals surface area (Å²) in [5.41, 5.74) is 9.68. The maximum absolute atomic E-state index is 6.13. The van der Waals surface area contributed by atoms with Crippen LogP contribution >= 0.6 is 11.8 Å². The third-order valence-electron chi connectivity index (χ3n) is 4.57. The SMILES string of the molecule is CC[C@@H](C)c1ccc(N=C(N)SCc2cccc3ccccc23)cc1. The van der Waals surface area contributed by atoms with Crippen molar-refractivity contribution in [1.82, 2.24) is 0 Å². The van der Waals surface area contributed by atoms with Crippen molar-refractivity contribution in [3.8, 4) is 0 Å². The molecule has 0 saturated heterocycles. The molecule has 0 saturated carbocycles. The molecule has 2 nitrogen and oxygen atoms in total. The first-order valence-corrected chi connectivity index (χ1v) is 9.69. The lowest BCUT2D eigenvalue weighted by Gasteiger charge is -2.09. The highest BCUT2D eigenvalue weighted by Gasteiger charge is 2.04. The largest absolute Gasteiger partial charge is 0.378 e. The monoisotopic (exact) mass is 348 g/mol. The van der Waals surface area contributed by atoms with E-state index in [-0.39, 0.29) is 0 Å². The molecule has 0 radical (unpaired) electrons. The van der Waals surface area contributed by atoms with Crippen LogP contribution in [0.2, 0.25) is 0 Å². The van der Waals surface area contributed by atoms with E-state index in [9.17, 15) is 0 Å². The van der Waals surface area contributed by atoms with Crippen molar-refractivity contribution in [2.75, 3.05) is 0 Å². The van der Waals surface area contributed by atoms with Crippen LogP contribution in [-0.4, -0.2) is 5.17 Å². The molecule has 3 heteroatoms. The van der Waals surface area contributed by atoms with E-state index in [2.05, 4.69) is 73.4 Å². The van der Waals surface area contributed by atoms with Gasteiger partial charge in [-0.05, 0) is 46.4 Å². The fourth-order valence-corrected chi connectivity index (χ4v) is 3.57. The van der Waals surface area contributed by atoms with Crippen LogP contribution in [-0.2, 0) is 5.75 Å². The summed E-state index contributed by atoms with van der Waals surface area (Å²) in [6.45, 7) is 4.45. The number of thioether (sulfide) groups is 1. The first kappa shape index (κ1) is 17.6. The molecule has 0 amide bonds. The van der Waals surface area contributed by atoms with Crippen molar-refractivity contribution in [1.29, 1.82) is 0 Å². The Labute approximate surface area is 154 Å². The second kappa shape index (κ2) is 8.21. The van der Waals surface area contributed by atoms with Gasteiger partial charge >= 0.3 is 0 Å². The van der Waals surface area contributed by atoms with E-state index in [1.807, 2.05) is 12.1 Å². The van der Waals surface area contributed by atoms with E-state index in [0.717, 1.165) is 17.9 Å². The van der Waals surface area contributed by atoms with Crippen LogP contribution in [0.15, 0.2) is 71.7 Å². The van der Waals surface area contributed by atoms with E-state index in [4.69, 9.17) is 5.73 Å². The Balaban J connectivity index is 1.69. The zero-order chi connectivity index (χ0) is 17.6. The topological polar surface area (TPSA) is 38.4 Å². The Morgan fingerprint density at radius 2 is 1.72 bits per heavy atom. The lowest BCUT2D eigenvalue weighted by atomic mass is 9.99. The van der Waals surface area contributed by atoms with Gasteiger partial charge < -0.3 is 5.73 Å². The highest BCUT2D eigenvalue weighted by Crippen LogP contribution is 2.25.